The van der Waals surface area contributed by atoms with Crippen LogP contribution in [0.2, 0.25) is 0 Å². The first kappa shape index (κ1) is 14.2. The van der Waals surface area contributed by atoms with E-state index >= 15 is 0 Å². The molecule has 0 saturated carbocycles. The Bertz CT molecular complexity index is 531. The molecule has 0 spiro atoms. The Morgan fingerprint density at radius 1 is 1.29 bits per heavy atom. The second-order valence-corrected chi connectivity index (χ2v) is 5.67. The van der Waals surface area contributed by atoms with Gasteiger partial charge in [0, 0.05) is 12.5 Å². The fourth-order valence-corrected chi connectivity index (χ4v) is 3.15. The van der Waals surface area contributed by atoms with Gasteiger partial charge in [-0.05, 0) is 44.0 Å². The predicted octanol–water partition coefficient (Wildman–Crippen LogP) is 2.46. The fourth-order valence-electron chi connectivity index (χ4n) is 3.15. The lowest BCUT2D eigenvalue weighted by Gasteiger charge is -2.29. The van der Waals surface area contributed by atoms with Crippen LogP contribution in [0, 0.1) is 0 Å². The van der Waals surface area contributed by atoms with Gasteiger partial charge in [-0.1, -0.05) is 6.07 Å². The number of ether oxygens (including phenoxy) is 2. The van der Waals surface area contributed by atoms with Crippen LogP contribution in [0.1, 0.15) is 37.8 Å². The van der Waals surface area contributed by atoms with E-state index in [9.17, 15) is 9.90 Å². The Morgan fingerprint density at radius 2 is 2.05 bits per heavy atom. The summed E-state index contributed by atoms with van der Waals surface area (Å²) in [4.78, 5) is 13.4. The predicted molar refractivity (Wildman–Crippen MR) is 77.8 cm³/mol. The molecule has 2 aliphatic heterocycles. The van der Waals surface area contributed by atoms with Gasteiger partial charge in [-0.3, -0.25) is 9.69 Å². The molecule has 1 aromatic rings. The van der Waals surface area contributed by atoms with Crippen molar-refractivity contribution in [1.82, 2.24) is 4.90 Å². The molecule has 114 valence electrons. The lowest BCUT2D eigenvalue weighted by molar-refractivity contribution is -0.142. The van der Waals surface area contributed by atoms with E-state index < -0.39 is 5.97 Å². The molecule has 2 unspecified atom stereocenters. The first-order chi connectivity index (χ1) is 10.2. The van der Waals surface area contributed by atoms with Crippen molar-refractivity contribution >= 4 is 5.97 Å². The molecule has 0 radical (unpaired) electrons. The molecule has 1 fully saturated rings. The summed E-state index contributed by atoms with van der Waals surface area (Å²) in [6, 6.07) is 5.61. The summed E-state index contributed by atoms with van der Waals surface area (Å²) >= 11 is 0. The highest BCUT2D eigenvalue weighted by atomic mass is 16.5. The number of carboxylic acids is 1. The third-order valence-corrected chi connectivity index (χ3v) is 4.33. The molecule has 0 aromatic heterocycles. The number of nitrogens with zero attached hydrogens (tertiary/aromatic N) is 1. The molecule has 1 saturated heterocycles. The van der Waals surface area contributed by atoms with Crippen molar-refractivity contribution in [3.63, 3.8) is 0 Å². The van der Waals surface area contributed by atoms with Gasteiger partial charge < -0.3 is 14.6 Å². The van der Waals surface area contributed by atoms with Gasteiger partial charge in [-0.25, -0.2) is 0 Å². The highest BCUT2D eigenvalue weighted by Crippen LogP contribution is 2.35. The minimum Gasteiger partial charge on any atom is -0.490 e. The summed E-state index contributed by atoms with van der Waals surface area (Å²) in [6.45, 7) is 4.22. The van der Waals surface area contributed by atoms with Gasteiger partial charge in [0.25, 0.3) is 0 Å². The van der Waals surface area contributed by atoms with Crippen molar-refractivity contribution in [3.8, 4) is 11.5 Å². The molecule has 2 atom stereocenters. The van der Waals surface area contributed by atoms with Crippen molar-refractivity contribution in [2.75, 3.05) is 19.8 Å². The SMILES string of the molecule is CC(c1ccc2c(c1)OCCCO2)N1CCCC1C(=O)O. The van der Waals surface area contributed by atoms with Crippen LogP contribution < -0.4 is 9.47 Å². The summed E-state index contributed by atoms with van der Waals surface area (Å²) in [7, 11) is 0. The number of hydrogen-bond donors (Lipinski definition) is 1. The summed E-state index contributed by atoms with van der Waals surface area (Å²) in [5.41, 5.74) is 1.08. The maximum absolute atomic E-state index is 11.3. The molecule has 5 heteroatoms. The molecular formula is C16H21NO4. The lowest BCUT2D eigenvalue weighted by Crippen LogP contribution is -2.37. The molecule has 2 aliphatic rings. The van der Waals surface area contributed by atoms with Crippen molar-refractivity contribution in [3.05, 3.63) is 23.8 Å². The third kappa shape index (κ3) is 2.83. The van der Waals surface area contributed by atoms with E-state index in [0.29, 0.717) is 13.2 Å². The summed E-state index contributed by atoms with van der Waals surface area (Å²) in [5.74, 6) is 0.816. The first-order valence-electron chi connectivity index (χ1n) is 7.55. The number of aliphatic carboxylic acids is 1. The summed E-state index contributed by atoms with van der Waals surface area (Å²) < 4.78 is 11.4. The quantitative estimate of drug-likeness (QED) is 0.927. The molecule has 0 aliphatic carbocycles. The van der Waals surface area contributed by atoms with Crippen LogP contribution in [-0.2, 0) is 4.79 Å². The van der Waals surface area contributed by atoms with E-state index in [2.05, 4.69) is 11.8 Å². The van der Waals surface area contributed by atoms with Crippen LogP contribution in [0.4, 0.5) is 0 Å². The molecule has 5 nitrogen and oxygen atoms in total. The monoisotopic (exact) mass is 291 g/mol. The first-order valence-corrected chi connectivity index (χ1v) is 7.55. The van der Waals surface area contributed by atoms with Gasteiger partial charge in [0.15, 0.2) is 11.5 Å². The van der Waals surface area contributed by atoms with E-state index in [1.807, 2.05) is 18.2 Å². The average Bonchev–Trinajstić information content (AvgIpc) is 2.85. The van der Waals surface area contributed by atoms with Crippen LogP contribution >= 0.6 is 0 Å². The number of benzene rings is 1. The third-order valence-electron chi connectivity index (χ3n) is 4.33. The summed E-state index contributed by atoms with van der Waals surface area (Å²) in [6.07, 6.45) is 2.54. The minimum atomic E-state index is -0.728. The molecule has 0 amide bonds. The number of fused-ring (bicyclic) bond motifs is 1. The van der Waals surface area contributed by atoms with E-state index in [1.54, 1.807) is 0 Å². The molecule has 3 rings (SSSR count). The molecule has 1 N–H and O–H groups in total. The topological polar surface area (TPSA) is 59.0 Å². The highest BCUT2D eigenvalue weighted by molar-refractivity contribution is 5.73. The Kier molecular flexibility index (Phi) is 4.01. The van der Waals surface area contributed by atoms with Crippen LogP contribution in [0.15, 0.2) is 18.2 Å². The van der Waals surface area contributed by atoms with E-state index in [-0.39, 0.29) is 12.1 Å². The minimum absolute atomic E-state index is 0.0609. The van der Waals surface area contributed by atoms with Crippen LogP contribution in [0.5, 0.6) is 11.5 Å². The number of carbonyl (C=O) groups is 1. The standard InChI is InChI=1S/C16H21NO4/c1-11(17-7-2-4-13(17)16(18)19)12-5-6-14-15(10-12)21-9-3-8-20-14/h5-6,10-11,13H,2-4,7-9H2,1H3,(H,18,19). The number of likely N-dealkylation sites (tertiary alicyclic amines) is 1. The number of hydrogen-bond acceptors (Lipinski definition) is 4. The van der Waals surface area contributed by atoms with Crippen LogP contribution in [0.3, 0.4) is 0 Å². The molecule has 21 heavy (non-hydrogen) atoms. The van der Waals surface area contributed by atoms with E-state index in [1.165, 1.54) is 0 Å². The second-order valence-electron chi connectivity index (χ2n) is 5.67. The van der Waals surface area contributed by atoms with E-state index in [0.717, 1.165) is 42.9 Å². The number of carboxylic acid groups (broad SMARTS) is 1. The number of rotatable bonds is 3. The average molecular weight is 291 g/mol. The lowest BCUT2D eigenvalue weighted by atomic mass is 10.1. The zero-order chi connectivity index (χ0) is 14.8. The van der Waals surface area contributed by atoms with Crippen molar-refractivity contribution in [1.29, 1.82) is 0 Å². The normalized spacial score (nSPS) is 23.6. The summed E-state index contributed by atoms with van der Waals surface area (Å²) in [5, 5.41) is 9.32. The maximum Gasteiger partial charge on any atom is 0.320 e. The van der Waals surface area contributed by atoms with Crippen molar-refractivity contribution in [2.24, 2.45) is 0 Å². The Balaban J connectivity index is 1.83. The Morgan fingerprint density at radius 3 is 2.81 bits per heavy atom. The maximum atomic E-state index is 11.3. The smallest absolute Gasteiger partial charge is 0.320 e. The van der Waals surface area contributed by atoms with Gasteiger partial charge in [0.05, 0.1) is 13.2 Å². The highest BCUT2D eigenvalue weighted by Gasteiger charge is 2.34. The molecule has 1 aromatic carbocycles. The van der Waals surface area contributed by atoms with Crippen LogP contribution in [0.25, 0.3) is 0 Å². The Hall–Kier alpha value is -1.75. The molecule has 2 heterocycles. The van der Waals surface area contributed by atoms with Crippen LogP contribution in [-0.4, -0.2) is 41.8 Å². The largest absolute Gasteiger partial charge is 0.490 e. The molecule has 0 bridgehead atoms. The van der Waals surface area contributed by atoms with Crippen molar-refractivity contribution < 1.29 is 19.4 Å². The van der Waals surface area contributed by atoms with Gasteiger partial charge >= 0.3 is 5.97 Å². The molecular weight excluding hydrogens is 270 g/mol. The fraction of sp³-hybridized carbons (Fsp3) is 0.562. The Labute approximate surface area is 124 Å². The second kappa shape index (κ2) is 5.93. The zero-order valence-corrected chi connectivity index (χ0v) is 12.2. The van der Waals surface area contributed by atoms with Gasteiger partial charge in [-0.2, -0.15) is 0 Å². The van der Waals surface area contributed by atoms with Gasteiger partial charge in [-0.15, -0.1) is 0 Å². The zero-order valence-electron chi connectivity index (χ0n) is 12.2. The van der Waals surface area contributed by atoms with Crippen molar-refractivity contribution in [2.45, 2.75) is 38.3 Å². The van der Waals surface area contributed by atoms with Gasteiger partial charge in [0.1, 0.15) is 6.04 Å². The van der Waals surface area contributed by atoms with Gasteiger partial charge in [0.2, 0.25) is 0 Å². The van der Waals surface area contributed by atoms with E-state index in [4.69, 9.17) is 9.47 Å².